The molecule has 0 amide bonds. The van der Waals surface area contributed by atoms with Crippen LogP contribution < -0.4 is 17.0 Å². The number of hydrogen-bond acceptors (Lipinski definition) is 1. The van der Waals surface area contributed by atoms with Crippen molar-refractivity contribution in [3.63, 3.8) is 0 Å². The molecule has 0 aliphatic carbocycles. The van der Waals surface area contributed by atoms with Crippen molar-refractivity contribution in [2.75, 3.05) is 0 Å². The summed E-state index contributed by atoms with van der Waals surface area (Å²) in [6.45, 7) is 2.03. The van der Waals surface area contributed by atoms with Crippen molar-refractivity contribution in [1.82, 2.24) is 9.38 Å². The fourth-order valence-electron chi connectivity index (χ4n) is 1.91. The molecular weight excluding hydrogens is 295 g/mol. The molecule has 0 bridgehead atoms. The molecule has 0 spiro atoms. The molecule has 0 fully saturated rings. The number of halogens is 2. The van der Waals surface area contributed by atoms with E-state index in [1.807, 2.05) is 35.7 Å². The molecule has 4 heteroatoms. The second-order valence-corrected chi connectivity index (χ2v) is 4.03. The van der Waals surface area contributed by atoms with Crippen molar-refractivity contribution < 1.29 is 21.4 Å². The van der Waals surface area contributed by atoms with Crippen LogP contribution in [0.25, 0.3) is 16.9 Å². The highest BCUT2D eigenvalue weighted by Gasteiger charge is 2.05. The Morgan fingerprint density at radius 2 is 1.78 bits per heavy atom. The highest BCUT2D eigenvalue weighted by Crippen LogP contribution is 2.20. The number of aromatic nitrogens is 2. The number of benzene rings is 1. The molecule has 2 aromatic heterocycles. The van der Waals surface area contributed by atoms with E-state index in [1.54, 1.807) is 12.1 Å². The topological polar surface area (TPSA) is 17.3 Å². The highest BCUT2D eigenvalue weighted by molar-refractivity contribution is 5.62. The lowest BCUT2D eigenvalue weighted by molar-refractivity contribution is -0.00000417. The molecule has 0 saturated carbocycles. The van der Waals surface area contributed by atoms with Crippen LogP contribution in [0.4, 0.5) is 4.39 Å². The minimum atomic E-state index is -0.228. The number of fused-ring (bicyclic) bond motifs is 1. The van der Waals surface area contributed by atoms with E-state index in [9.17, 15) is 4.39 Å². The number of rotatable bonds is 1. The van der Waals surface area contributed by atoms with Crippen LogP contribution in [0.3, 0.4) is 0 Å². The Hall–Kier alpha value is -1.68. The SMILES string of the molecule is Cc1cccc2nc(-c3ccc(F)cc3)cn12.[Br-]. The molecule has 0 radical (unpaired) electrons. The van der Waals surface area contributed by atoms with Crippen molar-refractivity contribution in [1.29, 1.82) is 0 Å². The summed E-state index contributed by atoms with van der Waals surface area (Å²) in [6.07, 6.45) is 1.97. The summed E-state index contributed by atoms with van der Waals surface area (Å²) in [5.41, 5.74) is 3.82. The van der Waals surface area contributed by atoms with Gasteiger partial charge in [0.05, 0.1) is 5.69 Å². The molecule has 2 heterocycles. The van der Waals surface area contributed by atoms with Gasteiger partial charge in [0, 0.05) is 17.5 Å². The largest absolute Gasteiger partial charge is 1.00 e. The fourth-order valence-corrected chi connectivity index (χ4v) is 1.91. The average Bonchev–Trinajstić information content (AvgIpc) is 2.75. The van der Waals surface area contributed by atoms with Crippen LogP contribution >= 0.6 is 0 Å². The summed E-state index contributed by atoms with van der Waals surface area (Å²) >= 11 is 0. The first kappa shape index (κ1) is 12.8. The Bertz CT molecular complexity index is 674. The minimum absolute atomic E-state index is 0. The number of imidazole rings is 1. The first-order chi connectivity index (χ1) is 8.24. The zero-order chi connectivity index (χ0) is 11.8. The molecule has 18 heavy (non-hydrogen) atoms. The van der Waals surface area contributed by atoms with Crippen molar-refractivity contribution in [2.45, 2.75) is 6.92 Å². The Kier molecular flexibility index (Phi) is 3.48. The normalized spacial score (nSPS) is 10.3. The van der Waals surface area contributed by atoms with Crippen LogP contribution in [-0.2, 0) is 0 Å². The molecular formula is C14H11BrFN2-. The molecule has 92 valence electrons. The van der Waals surface area contributed by atoms with Gasteiger partial charge in [-0.25, -0.2) is 9.37 Å². The van der Waals surface area contributed by atoms with Gasteiger partial charge in [-0.3, -0.25) is 0 Å². The van der Waals surface area contributed by atoms with Crippen molar-refractivity contribution in [3.05, 3.63) is 60.2 Å². The first-order valence-corrected chi connectivity index (χ1v) is 5.45. The van der Waals surface area contributed by atoms with Crippen molar-refractivity contribution >= 4 is 5.65 Å². The quantitative estimate of drug-likeness (QED) is 0.638. The molecule has 0 atom stereocenters. The van der Waals surface area contributed by atoms with Crippen LogP contribution in [0.15, 0.2) is 48.7 Å². The van der Waals surface area contributed by atoms with Crippen LogP contribution in [0, 0.1) is 12.7 Å². The van der Waals surface area contributed by atoms with Crippen LogP contribution in [0.5, 0.6) is 0 Å². The van der Waals surface area contributed by atoms with Gasteiger partial charge >= 0.3 is 0 Å². The minimum Gasteiger partial charge on any atom is -1.00 e. The van der Waals surface area contributed by atoms with Gasteiger partial charge in [-0.1, -0.05) is 6.07 Å². The molecule has 0 N–H and O–H groups in total. The highest BCUT2D eigenvalue weighted by atomic mass is 79.9. The third kappa shape index (κ3) is 2.16. The van der Waals surface area contributed by atoms with E-state index in [-0.39, 0.29) is 22.8 Å². The van der Waals surface area contributed by atoms with Crippen molar-refractivity contribution in [3.8, 4) is 11.3 Å². The van der Waals surface area contributed by atoms with E-state index < -0.39 is 0 Å². The van der Waals surface area contributed by atoms with Gasteiger partial charge in [-0.2, -0.15) is 0 Å². The van der Waals surface area contributed by atoms with E-state index in [2.05, 4.69) is 4.98 Å². The lowest BCUT2D eigenvalue weighted by Crippen LogP contribution is -3.00. The van der Waals surface area contributed by atoms with Crippen LogP contribution in [0.2, 0.25) is 0 Å². The van der Waals surface area contributed by atoms with E-state index in [4.69, 9.17) is 0 Å². The van der Waals surface area contributed by atoms with E-state index in [0.717, 1.165) is 22.6 Å². The zero-order valence-corrected chi connectivity index (χ0v) is 11.4. The average molecular weight is 306 g/mol. The number of nitrogens with zero attached hydrogens (tertiary/aromatic N) is 2. The second kappa shape index (κ2) is 4.90. The smallest absolute Gasteiger partial charge is 0.137 e. The first-order valence-electron chi connectivity index (χ1n) is 5.45. The maximum atomic E-state index is 12.8. The second-order valence-electron chi connectivity index (χ2n) is 4.03. The molecule has 0 unspecified atom stereocenters. The standard InChI is InChI=1S/C14H11FN2.BrH/c1-10-3-2-4-14-16-13(9-17(10)14)11-5-7-12(15)8-6-11;/h2-9H,1H3;1H/p-1. The van der Waals surface area contributed by atoms with Crippen LogP contribution in [0.1, 0.15) is 5.69 Å². The molecule has 3 rings (SSSR count). The summed E-state index contributed by atoms with van der Waals surface area (Å²) < 4.78 is 14.9. The third-order valence-corrected chi connectivity index (χ3v) is 2.84. The number of aryl methyl sites for hydroxylation is 1. The van der Waals surface area contributed by atoms with Gasteiger partial charge in [-0.05, 0) is 43.3 Å². The molecule has 0 saturated heterocycles. The van der Waals surface area contributed by atoms with Gasteiger partial charge in [-0.15, -0.1) is 0 Å². The predicted octanol–water partition coefficient (Wildman–Crippen LogP) is 0.453. The summed E-state index contributed by atoms with van der Waals surface area (Å²) in [7, 11) is 0. The van der Waals surface area contributed by atoms with Gasteiger partial charge in [0.15, 0.2) is 0 Å². The lowest BCUT2D eigenvalue weighted by Gasteiger charge is -1.96. The number of hydrogen-bond donors (Lipinski definition) is 0. The molecule has 2 nitrogen and oxygen atoms in total. The summed E-state index contributed by atoms with van der Waals surface area (Å²) in [5.74, 6) is -0.228. The van der Waals surface area contributed by atoms with Gasteiger partial charge in [0.25, 0.3) is 0 Å². The fraction of sp³-hybridized carbons (Fsp3) is 0.0714. The predicted molar refractivity (Wildman–Crippen MR) is 65.3 cm³/mol. The number of pyridine rings is 1. The molecule has 0 aliphatic rings. The van der Waals surface area contributed by atoms with Crippen LogP contribution in [-0.4, -0.2) is 9.38 Å². The maximum absolute atomic E-state index is 12.8. The Morgan fingerprint density at radius 1 is 1.06 bits per heavy atom. The monoisotopic (exact) mass is 305 g/mol. The van der Waals surface area contributed by atoms with Gasteiger partial charge in [0.2, 0.25) is 0 Å². The van der Waals surface area contributed by atoms with E-state index >= 15 is 0 Å². The van der Waals surface area contributed by atoms with E-state index in [1.165, 1.54) is 12.1 Å². The zero-order valence-electron chi connectivity index (χ0n) is 9.77. The van der Waals surface area contributed by atoms with Gasteiger partial charge in [0.1, 0.15) is 11.5 Å². The Balaban J connectivity index is 0.00000120. The van der Waals surface area contributed by atoms with Gasteiger partial charge < -0.3 is 21.4 Å². The molecule has 3 aromatic rings. The Labute approximate surface area is 115 Å². The molecule has 0 aliphatic heterocycles. The van der Waals surface area contributed by atoms with Crippen molar-refractivity contribution in [2.24, 2.45) is 0 Å². The maximum Gasteiger partial charge on any atom is 0.137 e. The summed E-state index contributed by atoms with van der Waals surface area (Å²) in [4.78, 5) is 4.51. The Morgan fingerprint density at radius 3 is 2.44 bits per heavy atom. The summed E-state index contributed by atoms with van der Waals surface area (Å²) in [6, 6.07) is 12.4. The van der Waals surface area contributed by atoms with E-state index in [0.29, 0.717) is 0 Å². The molecule has 1 aromatic carbocycles. The lowest BCUT2D eigenvalue weighted by atomic mass is 10.2. The summed E-state index contributed by atoms with van der Waals surface area (Å²) in [5, 5.41) is 0. The third-order valence-electron chi connectivity index (χ3n) is 2.84.